The number of carbonyl (C=O) groups is 3. The molecule has 3 N–H and O–H groups in total. The number of fused-ring (bicyclic) bond motifs is 1. The molecule has 1 atom stereocenters. The van der Waals surface area contributed by atoms with Gasteiger partial charge < -0.3 is 25.0 Å². The van der Waals surface area contributed by atoms with E-state index in [0.717, 1.165) is 56.7 Å². The van der Waals surface area contributed by atoms with Gasteiger partial charge in [0.1, 0.15) is 24.2 Å². The SMILES string of the molecule is O=C(Nc1nccs1)C(c1cc(F)ccc1OCc1ccccc1)N1Cc2cccc(C#CCCCN3CCNCC3)c2C1=O.O=C(O)C(F)(F)F. The number of aromatic nitrogens is 1. The largest absolute Gasteiger partial charge is 0.490 e. The van der Waals surface area contributed by atoms with Crippen LogP contribution in [0.25, 0.3) is 0 Å². The Morgan fingerprint density at radius 2 is 1.83 bits per heavy atom. The first-order chi connectivity index (χ1) is 25.0. The number of nitrogens with one attached hydrogen (secondary N) is 2. The van der Waals surface area contributed by atoms with E-state index in [4.69, 9.17) is 14.6 Å². The molecule has 1 aromatic heterocycles. The lowest BCUT2D eigenvalue weighted by atomic mass is 10.0. The van der Waals surface area contributed by atoms with Crippen molar-refractivity contribution >= 4 is 34.3 Å². The van der Waals surface area contributed by atoms with E-state index in [1.165, 1.54) is 34.4 Å². The number of unbranched alkanes of at least 4 members (excludes halogenated alkanes) is 1. The average molecular weight is 738 g/mol. The topological polar surface area (TPSA) is 124 Å². The maximum absolute atomic E-state index is 14.8. The molecule has 4 aromatic rings. The van der Waals surface area contributed by atoms with Crippen LogP contribution in [0, 0.1) is 17.7 Å². The molecule has 0 bridgehead atoms. The summed E-state index contributed by atoms with van der Waals surface area (Å²) in [6.45, 7) is 5.49. The first kappa shape index (κ1) is 37.9. The summed E-state index contributed by atoms with van der Waals surface area (Å²) < 4.78 is 52.7. The van der Waals surface area contributed by atoms with E-state index in [1.807, 2.05) is 48.5 Å². The Hall–Kier alpha value is -5.30. The Balaban J connectivity index is 0.000000679. The number of amides is 2. The van der Waals surface area contributed by atoms with Crippen molar-refractivity contribution in [2.45, 2.75) is 38.2 Å². The van der Waals surface area contributed by atoms with Gasteiger partial charge in [-0.2, -0.15) is 13.2 Å². The molecular formula is C37H35F4N5O5S. The number of benzene rings is 3. The van der Waals surface area contributed by atoms with Crippen LogP contribution in [-0.2, 0) is 22.7 Å². The number of hydrogen-bond donors (Lipinski definition) is 3. The van der Waals surface area contributed by atoms with Crippen molar-refractivity contribution in [3.63, 3.8) is 0 Å². The Morgan fingerprint density at radius 3 is 2.52 bits per heavy atom. The van der Waals surface area contributed by atoms with E-state index < -0.39 is 29.9 Å². The minimum Gasteiger partial charge on any atom is -0.489 e. The molecule has 1 fully saturated rings. The molecule has 15 heteroatoms. The van der Waals surface area contributed by atoms with E-state index in [2.05, 4.69) is 32.4 Å². The van der Waals surface area contributed by atoms with Gasteiger partial charge in [0.2, 0.25) is 0 Å². The van der Waals surface area contributed by atoms with E-state index in [9.17, 15) is 27.2 Å². The number of carbonyl (C=O) groups excluding carboxylic acids is 2. The zero-order valence-corrected chi connectivity index (χ0v) is 28.6. The molecule has 52 heavy (non-hydrogen) atoms. The Morgan fingerprint density at radius 1 is 1.08 bits per heavy atom. The van der Waals surface area contributed by atoms with E-state index in [0.29, 0.717) is 22.0 Å². The first-order valence-corrected chi connectivity index (χ1v) is 17.2. The third kappa shape index (κ3) is 10.2. The van der Waals surface area contributed by atoms with Gasteiger partial charge in [-0.15, -0.1) is 11.3 Å². The lowest BCUT2D eigenvalue weighted by molar-refractivity contribution is -0.192. The van der Waals surface area contributed by atoms with Crippen LogP contribution < -0.4 is 15.4 Å². The highest BCUT2D eigenvalue weighted by Crippen LogP contribution is 2.38. The summed E-state index contributed by atoms with van der Waals surface area (Å²) in [5.41, 5.74) is 3.03. The predicted molar refractivity (Wildman–Crippen MR) is 186 cm³/mol. The number of ether oxygens (including phenoxy) is 1. The molecule has 3 aromatic carbocycles. The lowest BCUT2D eigenvalue weighted by Gasteiger charge is -2.28. The fourth-order valence-electron chi connectivity index (χ4n) is 5.69. The van der Waals surface area contributed by atoms with E-state index >= 15 is 0 Å². The van der Waals surface area contributed by atoms with E-state index in [1.54, 1.807) is 11.6 Å². The molecule has 0 radical (unpaired) electrons. The summed E-state index contributed by atoms with van der Waals surface area (Å²) >= 11 is 1.26. The average Bonchev–Trinajstić information content (AvgIpc) is 3.76. The number of carboxylic acids is 1. The highest BCUT2D eigenvalue weighted by molar-refractivity contribution is 7.13. The molecule has 1 unspecified atom stereocenters. The summed E-state index contributed by atoms with van der Waals surface area (Å²) in [4.78, 5) is 45.0. The van der Waals surface area contributed by atoms with Crippen LogP contribution in [0.5, 0.6) is 5.75 Å². The van der Waals surface area contributed by atoms with Crippen LogP contribution >= 0.6 is 11.3 Å². The molecule has 272 valence electrons. The zero-order chi connectivity index (χ0) is 37.1. The smallest absolute Gasteiger partial charge is 0.489 e. The molecule has 2 aliphatic heterocycles. The second-order valence-electron chi connectivity index (χ2n) is 11.8. The molecule has 0 saturated carbocycles. The van der Waals surface area contributed by atoms with E-state index in [-0.39, 0.29) is 24.6 Å². The third-order valence-corrected chi connectivity index (χ3v) is 8.83. The molecular weight excluding hydrogens is 702 g/mol. The van der Waals surface area contributed by atoms with Gasteiger partial charge in [0.15, 0.2) is 5.13 Å². The fraction of sp³-hybridized carbons (Fsp3) is 0.297. The molecule has 0 aliphatic carbocycles. The van der Waals surface area contributed by atoms with Gasteiger partial charge in [0, 0.05) is 61.8 Å². The maximum Gasteiger partial charge on any atom is 0.490 e. The van der Waals surface area contributed by atoms with Crippen molar-refractivity contribution in [3.05, 3.63) is 112 Å². The molecule has 6 rings (SSSR count). The number of aliphatic carboxylic acids is 1. The van der Waals surface area contributed by atoms with Crippen LogP contribution in [0.1, 0.15) is 51.5 Å². The number of rotatable bonds is 10. The van der Waals surface area contributed by atoms with Crippen LogP contribution in [-0.4, -0.2) is 76.6 Å². The molecule has 3 heterocycles. The maximum atomic E-state index is 14.8. The molecule has 2 amide bonds. The second kappa shape index (κ2) is 17.8. The third-order valence-electron chi connectivity index (χ3n) is 8.14. The summed E-state index contributed by atoms with van der Waals surface area (Å²) in [5.74, 6) is 2.63. The van der Waals surface area contributed by atoms with Crippen molar-refractivity contribution in [3.8, 4) is 17.6 Å². The van der Waals surface area contributed by atoms with Crippen molar-refractivity contribution in [1.82, 2.24) is 20.1 Å². The van der Waals surface area contributed by atoms with Crippen LogP contribution in [0.15, 0.2) is 78.3 Å². The standard InChI is InChI=1S/C35H34FN5O3S.C2HF3O2/c36-28-13-14-30(44-24-25-8-3-1-4-9-25)29(22-28)32(33(42)39-35-38-17-21-45-35)41-23-27-12-7-11-26(31(27)34(41)43)10-5-2-6-18-40-19-15-37-16-20-40;3-2(4,5)1(6)7/h1,3-4,7-9,11-14,17,21-22,32,37H,2,6,15-16,18-20,23-24H2,(H,38,39,42);(H,6,7). The summed E-state index contributed by atoms with van der Waals surface area (Å²) in [7, 11) is 0. The van der Waals surface area contributed by atoms with Crippen molar-refractivity contribution < 1.29 is 41.8 Å². The summed E-state index contributed by atoms with van der Waals surface area (Å²) in [5, 5.41) is 15.4. The molecule has 2 aliphatic rings. The minimum absolute atomic E-state index is 0.164. The van der Waals surface area contributed by atoms with Gasteiger partial charge in [0.25, 0.3) is 11.8 Å². The highest BCUT2D eigenvalue weighted by Gasteiger charge is 2.40. The molecule has 1 saturated heterocycles. The van der Waals surface area contributed by atoms with Crippen molar-refractivity contribution in [1.29, 1.82) is 0 Å². The summed E-state index contributed by atoms with van der Waals surface area (Å²) in [6.07, 6.45) is -1.83. The van der Waals surface area contributed by atoms with Gasteiger partial charge >= 0.3 is 12.1 Å². The number of alkyl halides is 3. The molecule has 10 nitrogen and oxygen atoms in total. The Kier molecular flexibility index (Phi) is 13.0. The van der Waals surface area contributed by atoms with Crippen molar-refractivity contribution in [2.75, 3.05) is 38.0 Å². The van der Waals surface area contributed by atoms with Gasteiger partial charge in [-0.25, -0.2) is 14.2 Å². The number of nitrogens with zero attached hydrogens (tertiary/aromatic N) is 3. The number of halogens is 4. The molecule has 0 spiro atoms. The van der Waals surface area contributed by atoms with Crippen LogP contribution in [0.2, 0.25) is 0 Å². The predicted octanol–water partition coefficient (Wildman–Crippen LogP) is 5.87. The fourth-order valence-corrected chi connectivity index (χ4v) is 6.22. The van der Waals surface area contributed by atoms with Gasteiger partial charge in [0.05, 0.1) is 5.56 Å². The van der Waals surface area contributed by atoms with Gasteiger partial charge in [-0.3, -0.25) is 14.9 Å². The van der Waals surface area contributed by atoms with Gasteiger partial charge in [-0.1, -0.05) is 54.3 Å². The second-order valence-corrected chi connectivity index (χ2v) is 12.7. The monoisotopic (exact) mass is 737 g/mol. The number of carboxylic acid groups (broad SMARTS) is 1. The Bertz CT molecular complexity index is 1910. The quantitative estimate of drug-likeness (QED) is 0.105. The van der Waals surface area contributed by atoms with Crippen LogP contribution in [0.3, 0.4) is 0 Å². The first-order valence-electron chi connectivity index (χ1n) is 16.3. The zero-order valence-electron chi connectivity index (χ0n) is 27.8. The number of piperazine rings is 1. The summed E-state index contributed by atoms with van der Waals surface area (Å²) in [6, 6.07) is 18.0. The van der Waals surface area contributed by atoms with Gasteiger partial charge in [-0.05, 0) is 48.4 Å². The van der Waals surface area contributed by atoms with Crippen molar-refractivity contribution in [2.24, 2.45) is 0 Å². The Labute approximate surface area is 301 Å². The highest BCUT2D eigenvalue weighted by atomic mass is 32.1. The number of hydrogen-bond acceptors (Lipinski definition) is 8. The normalized spacial score (nSPS) is 14.7. The minimum atomic E-state index is -5.08. The number of thiazole rings is 1. The number of anilines is 1. The van der Waals surface area contributed by atoms with Crippen LogP contribution in [0.4, 0.5) is 22.7 Å². The lowest BCUT2D eigenvalue weighted by Crippen LogP contribution is -2.43.